The van der Waals surface area contributed by atoms with Crippen LogP contribution in [0.5, 0.6) is 0 Å². The summed E-state index contributed by atoms with van der Waals surface area (Å²) in [6.45, 7) is 0. The standard InChI is InChI=1S/C4HF3I2N2/c5-4(6,7)11-1-10-2(8)3(11)9/h1H. The first-order chi connectivity index (χ1) is 4.93. The minimum absolute atomic E-state index is 0.0932. The Morgan fingerprint density at radius 1 is 1.36 bits per heavy atom. The zero-order valence-electron chi connectivity index (χ0n) is 4.86. The van der Waals surface area contributed by atoms with Crippen molar-refractivity contribution in [3.05, 3.63) is 13.7 Å². The minimum Gasteiger partial charge on any atom is -0.234 e. The van der Waals surface area contributed by atoms with E-state index in [0.29, 0.717) is 3.70 Å². The quantitative estimate of drug-likeness (QED) is 0.626. The Hall–Kier alpha value is 0.460. The maximum atomic E-state index is 12.0. The van der Waals surface area contributed by atoms with E-state index in [1.165, 1.54) is 0 Å². The van der Waals surface area contributed by atoms with E-state index in [4.69, 9.17) is 0 Å². The van der Waals surface area contributed by atoms with Crippen LogP contribution >= 0.6 is 45.2 Å². The summed E-state index contributed by atoms with van der Waals surface area (Å²) in [5.41, 5.74) is 0. The number of nitrogens with zero attached hydrogens (tertiary/aromatic N) is 2. The van der Waals surface area contributed by atoms with Gasteiger partial charge in [-0.1, -0.05) is 0 Å². The van der Waals surface area contributed by atoms with Crippen LogP contribution in [0.2, 0.25) is 0 Å². The van der Waals surface area contributed by atoms with Crippen molar-refractivity contribution >= 4 is 45.2 Å². The van der Waals surface area contributed by atoms with Gasteiger partial charge in [0.2, 0.25) is 0 Å². The van der Waals surface area contributed by atoms with Crippen LogP contribution in [0.4, 0.5) is 13.2 Å². The highest BCUT2D eigenvalue weighted by Gasteiger charge is 2.33. The van der Waals surface area contributed by atoms with E-state index < -0.39 is 6.30 Å². The molecule has 7 heteroatoms. The van der Waals surface area contributed by atoms with E-state index in [0.717, 1.165) is 6.33 Å². The first kappa shape index (κ1) is 9.55. The molecule has 0 saturated heterocycles. The molecule has 0 bridgehead atoms. The number of alkyl halides is 3. The van der Waals surface area contributed by atoms with Crippen LogP contribution in [-0.2, 0) is 6.30 Å². The number of hydrogen-bond donors (Lipinski definition) is 0. The molecule has 0 saturated carbocycles. The predicted molar refractivity (Wildman–Crippen MR) is 49.0 cm³/mol. The highest BCUT2D eigenvalue weighted by Crippen LogP contribution is 2.26. The second-order valence-electron chi connectivity index (χ2n) is 1.66. The molecule has 0 amide bonds. The molecule has 0 aliphatic rings. The zero-order valence-corrected chi connectivity index (χ0v) is 9.18. The summed E-state index contributed by atoms with van der Waals surface area (Å²) in [6, 6.07) is 0. The molecule has 1 heterocycles. The van der Waals surface area contributed by atoms with Crippen LogP contribution < -0.4 is 0 Å². The fraction of sp³-hybridized carbons (Fsp3) is 0.250. The molecule has 1 aromatic rings. The van der Waals surface area contributed by atoms with Gasteiger partial charge in [0, 0.05) is 0 Å². The van der Waals surface area contributed by atoms with Gasteiger partial charge in [0.25, 0.3) is 0 Å². The fourth-order valence-corrected chi connectivity index (χ4v) is 1.41. The molecule has 0 unspecified atom stereocenters. The van der Waals surface area contributed by atoms with Crippen LogP contribution in [0, 0.1) is 7.40 Å². The van der Waals surface area contributed by atoms with Gasteiger partial charge in [0.05, 0.1) is 0 Å². The zero-order chi connectivity index (χ0) is 8.65. The monoisotopic (exact) mass is 388 g/mol. The molecular weight excluding hydrogens is 387 g/mol. The van der Waals surface area contributed by atoms with E-state index in [2.05, 4.69) is 4.98 Å². The SMILES string of the molecule is FC(F)(F)n1cnc(I)c1I. The summed E-state index contributed by atoms with van der Waals surface area (Å²) in [5, 5.41) is 0. The highest BCUT2D eigenvalue weighted by molar-refractivity contribution is 14.1. The van der Waals surface area contributed by atoms with Crippen LogP contribution in [0.1, 0.15) is 0 Å². The molecule has 0 N–H and O–H groups in total. The Morgan fingerprint density at radius 3 is 2.09 bits per heavy atom. The summed E-state index contributed by atoms with van der Waals surface area (Å²) in [4.78, 5) is 3.50. The van der Waals surface area contributed by atoms with E-state index in [1.807, 2.05) is 0 Å². The van der Waals surface area contributed by atoms with Crippen LogP contribution in [-0.4, -0.2) is 9.55 Å². The molecule has 0 aliphatic heterocycles. The van der Waals surface area contributed by atoms with Crippen molar-refractivity contribution in [1.29, 1.82) is 0 Å². The summed E-state index contributed by atoms with van der Waals surface area (Å²) in [5.74, 6) is 0. The van der Waals surface area contributed by atoms with Crippen molar-refractivity contribution in [3.63, 3.8) is 0 Å². The first-order valence-corrected chi connectivity index (χ1v) is 4.54. The van der Waals surface area contributed by atoms with Crippen LogP contribution in [0.15, 0.2) is 6.33 Å². The smallest absolute Gasteiger partial charge is 0.234 e. The maximum absolute atomic E-state index is 12.0. The molecule has 0 fully saturated rings. The summed E-state index contributed by atoms with van der Waals surface area (Å²) in [7, 11) is 0. The predicted octanol–water partition coefficient (Wildman–Crippen LogP) is 2.57. The fourth-order valence-electron chi connectivity index (χ4n) is 0.489. The third-order valence-electron chi connectivity index (χ3n) is 0.941. The number of hydrogen-bond acceptors (Lipinski definition) is 1. The summed E-state index contributed by atoms with van der Waals surface area (Å²) >= 11 is 3.34. The topological polar surface area (TPSA) is 17.8 Å². The normalized spacial score (nSPS) is 12.1. The lowest BCUT2D eigenvalue weighted by Gasteiger charge is -2.06. The molecule has 1 rings (SSSR count). The van der Waals surface area contributed by atoms with Crippen LogP contribution in [0.25, 0.3) is 0 Å². The highest BCUT2D eigenvalue weighted by atomic mass is 127. The van der Waals surface area contributed by atoms with Crippen molar-refractivity contribution in [2.45, 2.75) is 6.30 Å². The number of imidazole rings is 1. The third kappa shape index (κ3) is 1.98. The molecule has 62 valence electrons. The van der Waals surface area contributed by atoms with E-state index in [1.54, 1.807) is 45.2 Å². The van der Waals surface area contributed by atoms with Crippen molar-refractivity contribution in [2.75, 3.05) is 0 Å². The van der Waals surface area contributed by atoms with Gasteiger partial charge in [-0.25, -0.2) is 9.55 Å². The molecule has 0 aromatic carbocycles. The summed E-state index contributed by atoms with van der Waals surface area (Å²) in [6.07, 6.45) is -3.59. The Labute approximate surface area is 87.5 Å². The average Bonchev–Trinajstić information content (AvgIpc) is 2.11. The Kier molecular flexibility index (Phi) is 2.67. The van der Waals surface area contributed by atoms with Gasteiger partial charge < -0.3 is 0 Å². The lowest BCUT2D eigenvalue weighted by atomic mass is 10.9. The largest absolute Gasteiger partial charge is 0.490 e. The minimum atomic E-state index is -4.35. The molecule has 2 nitrogen and oxygen atoms in total. The third-order valence-corrected chi connectivity index (χ3v) is 3.79. The molecule has 0 atom stereocenters. The van der Waals surface area contributed by atoms with Gasteiger partial charge in [0.1, 0.15) is 13.7 Å². The summed E-state index contributed by atoms with van der Waals surface area (Å²) < 4.78 is 36.6. The Morgan fingerprint density at radius 2 is 1.91 bits per heavy atom. The van der Waals surface area contributed by atoms with Crippen molar-refractivity contribution in [2.24, 2.45) is 0 Å². The molecule has 1 aromatic heterocycles. The van der Waals surface area contributed by atoms with Crippen molar-refractivity contribution < 1.29 is 13.2 Å². The van der Waals surface area contributed by atoms with Gasteiger partial charge in [-0.05, 0) is 45.2 Å². The Bertz CT molecular complexity index is 267. The average molecular weight is 388 g/mol. The van der Waals surface area contributed by atoms with E-state index in [9.17, 15) is 13.2 Å². The molecule has 0 radical (unpaired) electrons. The second-order valence-corrected chi connectivity index (χ2v) is 3.71. The van der Waals surface area contributed by atoms with Crippen LogP contribution in [0.3, 0.4) is 0 Å². The van der Waals surface area contributed by atoms with Gasteiger partial charge in [-0.2, -0.15) is 0 Å². The molecule has 11 heavy (non-hydrogen) atoms. The van der Waals surface area contributed by atoms with Gasteiger partial charge in [0.15, 0.2) is 0 Å². The lowest BCUT2D eigenvalue weighted by molar-refractivity contribution is -0.205. The maximum Gasteiger partial charge on any atom is 0.490 e. The number of aromatic nitrogens is 2. The van der Waals surface area contributed by atoms with E-state index in [-0.39, 0.29) is 8.27 Å². The van der Waals surface area contributed by atoms with Crippen molar-refractivity contribution in [1.82, 2.24) is 9.55 Å². The van der Waals surface area contributed by atoms with Gasteiger partial charge in [-0.3, -0.25) is 0 Å². The van der Waals surface area contributed by atoms with Gasteiger partial charge >= 0.3 is 6.30 Å². The number of rotatable bonds is 0. The molecule has 0 aliphatic carbocycles. The lowest BCUT2D eigenvalue weighted by Crippen LogP contribution is -2.17. The molecular formula is C4HF3I2N2. The van der Waals surface area contributed by atoms with E-state index >= 15 is 0 Å². The number of halogens is 5. The van der Waals surface area contributed by atoms with Crippen molar-refractivity contribution in [3.8, 4) is 0 Å². The van der Waals surface area contributed by atoms with Gasteiger partial charge in [-0.15, -0.1) is 13.2 Å². The first-order valence-electron chi connectivity index (χ1n) is 2.38. The molecule has 0 spiro atoms. The Balaban J connectivity index is 3.15. The second kappa shape index (κ2) is 3.07.